The Kier molecular flexibility index (Phi) is 6.59. The molecule has 0 amide bonds. The van der Waals surface area contributed by atoms with E-state index in [4.69, 9.17) is 0 Å². The van der Waals surface area contributed by atoms with Gasteiger partial charge in [0.2, 0.25) is 0 Å². The third-order valence-electron chi connectivity index (χ3n) is 3.77. The van der Waals surface area contributed by atoms with Crippen molar-refractivity contribution in [1.29, 1.82) is 0 Å². The number of alkyl halides is 1. The Labute approximate surface area is 136 Å². The van der Waals surface area contributed by atoms with Gasteiger partial charge in [-0.25, -0.2) is 8.78 Å². The standard InChI is InChI=1S/C18H23F2N3/c1-3-14-6-5-7-17(18(14)20)15(8-9-19)10-21-13-23-11-16(12-23)22-4-2/h5-8,10H,3-4,9,11-13H2,1-2H3/b15-8+,21-10-. The van der Waals surface area contributed by atoms with E-state index in [2.05, 4.69) is 14.9 Å². The Morgan fingerprint density at radius 1 is 1.30 bits per heavy atom. The second-order valence-corrected chi connectivity index (χ2v) is 5.43. The molecule has 0 bridgehead atoms. The van der Waals surface area contributed by atoms with Crippen molar-refractivity contribution < 1.29 is 8.78 Å². The fourth-order valence-electron chi connectivity index (χ4n) is 2.54. The number of nitrogens with zero attached hydrogens (tertiary/aromatic N) is 3. The molecule has 2 rings (SSSR count). The predicted octanol–water partition coefficient (Wildman–Crippen LogP) is 3.55. The van der Waals surface area contributed by atoms with E-state index >= 15 is 0 Å². The molecular weight excluding hydrogens is 296 g/mol. The number of hydrogen-bond acceptors (Lipinski definition) is 3. The fraction of sp³-hybridized carbons (Fsp3) is 0.444. The zero-order valence-electron chi connectivity index (χ0n) is 13.7. The molecule has 0 aromatic heterocycles. The number of hydrogen-bond donors (Lipinski definition) is 0. The van der Waals surface area contributed by atoms with Gasteiger partial charge >= 0.3 is 0 Å². The van der Waals surface area contributed by atoms with Crippen molar-refractivity contribution >= 4 is 17.5 Å². The lowest BCUT2D eigenvalue weighted by molar-refractivity contribution is 0.315. The van der Waals surface area contributed by atoms with Crippen LogP contribution < -0.4 is 0 Å². The summed E-state index contributed by atoms with van der Waals surface area (Å²) in [6, 6.07) is 5.20. The Balaban J connectivity index is 2.04. The molecule has 1 fully saturated rings. The van der Waals surface area contributed by atoms with E-state index in [-0.39, 0.29) is 5.82 Å². The molecule has 0 unspecified atom stereocenters. The monoisotopic (exact) mass is 319 g/mol. The van der Waals surface area contributed by atoms with Crippen molar-refractivity contribution in [2.24, 2.45) is 9.98 Å². The minimum atomic E-state index is -0.645. The van der Waals surface area contributed by atoms with E-state index < -0.39 is 6.67 Å². The lowest BCUT2D eigenvalue weighted by atomic mass is 10.0. The lowest BCUT2D eigenvalue weighted by Crippen LogP contribution is -2.47. The normalized spacial score (nSPS) is 16.0. The summed E-state index contributed by atoms with van der Waals surface area (Å²) in [5.41, 5.74) is 2.71. The third kappa shape index (κ3) is 4.55. The molecular formula is C18H23F2N3. The summed E-state index contributed by atoms with van der Waals surface area (Å²) in [7, 11) is 0. The van der Waals surface area contributed by atoms with Crippen molar-refractivity contribution in [3.8, 4) is 0 Å². The second kappa shape index (κ2) is 8.67. The van der Waals surface area contributed by atoms with Crippen LogP contribution >= 0.6 is 0 Å². The van der Waals surface area contributed by atoms with Gasteiger partial charge in [-0.3, -0.25) is 14.9 Å². The molecule has 1 heterocycles. The molecule has 0 spiro atoms. The van der Waals surface area contributed by atoms with Gasteiger partial charge in [-0.15, -0.1) is 0 Å². The fourth-order valence-corrected chi connectivity index (χ4v) is 2.54. The maximum Gasteiger partial charge on any atom is 0.134 e. The van der Waals surface area contributed by atoms with Gasteiger partial charge in [0.25, 0.3) is 0 Å². The summed E-state index contributed by atoms with van der Waals surface area (Å²) in [5, 5.41) is 0. The average Bonchev–Trinajstić information content (AvgIpc) is 2.52. The van der Waals surface area contributed by atoms with Gasteiger partial charge in [0.15, 0.2) is 0 Å². The number of allylic oxidation sites excluding steroid dienone is 2. The van der Waals surface area contributed by atoms with Crippen LogP contribution in [0.1, 0.15) is 25.0 Å². The number of likely N-dealkylation sites (tertiary alicyclic amines) is 1. The highest BCUT2D eigenvalue weighted by Crippen LogP contribution is 2.20. The molecule has 1 aliphatic rings. The Bertz CT molecular complexity index is 613. The molecule has 0 aliphatic carbocycles. The van der Waals surface area contributed by atoms with Gasteiger partial charge in [-0.2, -0.15) is 0 Å². The molecule has 1 aromatic carbocycles. The van der Waals surface area contributed by atoms with Crippen LogP contribution in [0.5, 0.6) is 0 Å². The molecule has 1 saturated heterocycles. The van der Waals surface area contributed by atoms with Gasteiger partial charge in [-0.1, -0.05) is 25.1 Å². The van der Waals surface area contributed by atoms with Crippen LogP contribution in [0, 0.1) is 5.82 Å². The quantitative estimate of drug-likeness (QED) is 0.706. The summed E-state index contributed by atoms with van der Waals surface area (Å²) in [4.78, 5) is 10.8. The number of aliphatic imine (C=N–C) groups is 2. The maximum atomic E-state index is 14.4. The first-order chi connectivity index (χ1) is 11.2. The van der Waals surface area contributed by atoms with Crippen molar-refractivity contribution in [3.63, 3.8) is 0 Å². The van der Waals surface area contributed by atoms with Crippen LogP contribution in [0.3, 0.4) is 0 Å². The molecule has 3 nitrogen and oxygen atoms in total. The SMILES string of the molecule is CCN=C1CN(C/N=C\C(=C/CF)c2cccc(CC)c2F)C1. The van der Waals surface area contributed by atoms with Crippen LogP contribution in [0.25, 0.3) is 5.57 Å². The predicted molar refractivity (Wildman–Crippen MR) is 92.6 cm³/mol. The highest BCUT2D eigenvalue weighted by molar-refractivity contribution is 6.10. The summed E-state index contributed by atoms with van der Waals surface area (Å²) < 4.78 is 27.2. The Hall–Kier alpha value is -1.88. The molecule has 0 atom stereocenters. The largest absolute Gasteiger partial charge is 0.292 e. The number of halogens is 2. The highest BCUT2D eigenvalue weighted by Gasteiger charge is 2.20. The van der Waals surface area contributed by atoms with Gasteiger partial charge in [0.05, 0.1) is 6.67 Å². The summed E-state index contributed by atoms with van der Waals surface area (Å²) in [5.74, 6) is -0.289. The zero-order valence-corrected chi connectivity index (χ0v) is 13.7. The van der Waals surface area contributed by atoms with Crippen molar-refractivity contribution in [1.82, 2.24) is 4.90 Å². The second-order valence-electron chi connectivity index (χ2n) is 5.43. The molecule has 0 saturated carbocycles. The van der Waals surface area contributed by atoms with Gasteiger partial charge < -0.3 is 0 Å². The van der Waals surface area contributed by atoms with E-state index in [9.17, 15) is 8.78 Å². The summed E-state index contributed by atoms with van der Waals surface area (Å²) in [6.45, 7) is 6.24. The third-order valence-corrected chi connectivity index (χ3v) is 3.77. The average molecular weight is 319 g/mol. The molecule has 1 aromatic rings. The van der Waals surface area contributed by atoms with Crippen molar-refractivity contribution in [2.75, 3.05) is 33.0 Å². The van der Waals surface area contributed by atoms with Gasteiger partial charge in [0, 0.05) is 42.7 Å². The molecule has 23 heavy (non-hydrogen) atoms. The van der Waals surface area contributed by atoms with E-state index in [1.807, 2.05) is 13.8 Å². The van der Waals surface area contributed by atoms with Crippen molar-refractivity contribution in [3.05, 3.63) is 41.2 Å². The maximum absolute atomic E-state index is 14.4. The summed E-state index contributed by atoms with van der Waals surface area (Å²) >= 11 is 0. The van der Waals surface area contributed by atoms with Crippen molar-refractivity contribution in [2.45, 2.75) is 20.3 Å². The van der Waals surface area contributed by atoms with E-state index in [0.717, 1.165) is 19.6 Å². The first-order valence-corrected chi connectivity index (χ1v) is 7.97. The Morgan fingerprint density at radius 3 is 2.74 bits per heavy atom. The topological polar surface area (TPSA) is 28.0 Å². The minimum absolute atomic E-state index is 0.289. The van der Waals surface area contributed by atoms with E-state index in [0.29, 0.717) is 29.8 Å². The molecule has 0 radical (unpaired) electrons. The first-order valence-electron chi connectivity index (χ1n) is 7.97. The van der Waals surface area contributed by atoms with Gasteiger partial charge in [-0.05, 0) is 25.0 Å². The van der Waals surface area contributed by atoms with Gasteiger partial charge in [0.1, 0.15) is 12.5 Å². The number of aryl methyl sites for hydroxylation is 1. The lowest BCUT2D eigenvalue weighted by Gasteiger charge is -2.30. The van der Waals surface area contributed by atoms with E-state index in [1.165, 1.54) is 11.8 Å². The number of benzene rings is 1. The van der Waals surface area contributed by atoms with Crippen LogP contribution in [-0.2, 0) is 6.42 Å². The van der Waals surface area contributed by atoms with Crippen LogP contribution in [0.15, 0.2) is 34.3 Å². The first kappa shape index (κ1) is 17.5. The zero-order chi connectivity index (χ0) is 16.7. The Morgan fingerprint density at radius 2 is 2.09 bits per heavy atom. The minimum Gasteiger partial charge on any atom is -0.292 e. The highest BCUT2D eigenvalue weighted by atomic mass is 19.1. The molecule has 5 heteroatoms. The molecule has 124 valence electrons. The smallest absolute Gasteiger partial charge is 0.134 e. The van der Waals surface area contributed by atoms with E-state index in [1.54, 1.807) is 24.4 Å². The van der Waals surface area contributed by atoms with Crippen LogP contribution in [0.4, 0.5) is 8.78 Å². The van der Waals surface area contributed by atoms with Crippen LogP contribution in [-0.4, -0.2) is 49.8 Å². The number of rotatable bonds is 7. The summed E-state index contributed by atoms with van der Waals surface area (Å²) in [6.07, 6.45) is 3.53. The van der Waals surface area contributed by atoms with Crippen LogP contribution in [0.2, 0.25) is 0 Å². The molecule has 1 aliphatic heterocycles. The molecule has 0 N–H and O–H groups in total.